The van der Waals surface area contributed by atoms with Gasteiger partial charge in [-0.05, 0) is 79.8 Å². The zero-order valence-corrected chi connectivity index (χ0v) is 27.6. The van der Waals surface area contributed by atoms with E-state index >= 15 is 0 Å². The van der Waals surface area contributed by atoms with E-state index < -0.39 is 56.5 Å². The molecule has 0 spiro atoms. The van der Waals surface area contributed by atoms with E-state index in [2.05, 4.69) is 4.74 Å². The quantitative estimate of drug-likeness (QED) is 0.108. The summed E-state index contributed by atoms with van der Waals surface area (Å²) in [5.41, 5.74) is -0.944. The lowest BCUT2D eigenvalue weighted by molar-refractivity contribution is -0.147. The molecule has 3 aromatic rings. The van der Waals surface area contributed by atoms with E-state index in [-0.39, 0.29) is 42.4 Å². The first kappa shape index (κ1) is 36.3. The minimum Gasteiger partial charge on any atom is -0.466 e. The third kappa shape index (κ3) is 8.43. The number of esters is 1. The maximum Gasteiger partial charge on any atom is 0.416 e. The highest BCUT2D eigenvalue weighted by molar-refractivity contribution is 7.92. The second kappa shape index (κ2) is 14.5. The molecule has 2 aliphatic rings. The predicted molar refractivity (Wildman–Crippen MR) is 170 cm³/mol. The van der Waals surface area contributed by atoms with E-state index in [0.717, 1.165) is 47.5 Å². The van der Waals surface area contributed by atoms with Gasteiger partial charge in [0.15, 0.2) is 0 Å². The highest BCUT2D eigenvalue weighted by atomic mass is 32.2. The van der Waals surface area contributed by atoms with Crippen molar-refractivity contribution in [1.82, 2.24) is 0 Å². The van der Waals surface area contributed by atoms with E-state index in [1.165, 1.54) is 12.1 Å². The van der Waals surface area contributed by atoms with Crippen LogP contribution in [0.15, 0.2) is 65.6 Å². The fourth-order valence-electron chi connectivity index (χ4n) is 6.17. The van der Waals surface area contributed by atoms with Gasteiger partial charge in [-0.1, -0.05) is 25.5 Å². The number of hydrogen-bond donors (Lipinski definition) is 0. The van der Waals surface area contributed by atoms with Crippen LogP contribution in [0.5, 0.6) is 5.75 Å². The number of fused-ring (bicyclic) bond motifs is 3. The molecule has 0 saturated carbocycles. The number of unbranched alkanes of at least 4 members (excludes halogenated alkanes) is 1. The number of hydrogen-bond acceptors (Lipinski definition) is 7. The Labute approximate surface area is 280 Å². The minimum atomic E-state index is -4.80. The molecule has 0 N–H and O–H groups in total. The number of sulfonamides is 1. The standard InChI is InChI=1S/C34H36F6N2O6S/c1-3-4-13-46-31(43)10-14-47-33(2)11-12-41-26(20-33)21-42(49(44,45)28-7-5-6-24(18-28)34(38,39)40)30-17-22(8-9-29(30)41)23-15-25(35)19-27(16-23)48-32(36)37/h5-9,15-19,26,32H,3-4,10-14,20-21H2,1-2H3/t26-,33+/m0/s1. The molecule has 8 nitrogen and oxygen atoms in total. The number of piperidine rings is 1. The first-order valence-corrected chi connectivity index (χ1v) is 17.2. The average Bonchev–Trinajstić information content (AvgIpc) is 3.03. The SMILES string of the molecule is CCCCOC(=O)CCO[C@]1(C)CCN2c3ccc(-c4cc(F)cc(OC(F)F)c4)cc3N(S(=O)(=O)c3cccc(C(F)(F)F)c3)C[C@@H]2C1. The predicted octanol–water partition coefficient (Wildman–Crippen LogP) is 7.80. The van der Waals surface area contributed by atoms with Gasteiger partial charge in [-0.2, -0.15) is 22.0 Å². The van der Waals surface area contributed by atoms with E-state index in [0.29, 0.717) is 37.7 Å². The molecule has 0 aromatic heterocycles. The van der Waals surface area contributed by atoms with Crippen molar-refractivity contribution in [2.45, 2.75) is 75.3 Å². The van der Waals surface area contributed by atoms with Gasteiger partial charge in [0.1, 0.15) is 11.6 Å². The summed E-state index contributed by atoms with van der Waals surface area (Å²) in [6.45, 7) is 1.29. The Kier molecular flexibility index (Phi) is 10.7. The first-order valence-electron chi connectivity index (χ1n) is 15.8. The van der Waals surface area contributed by atoms with Gasteiger partial charge in [0.05, 0.1) is 59.7 Å². The summed E-state index contributed by atoms with van der Waals surface area (Å²) in [6.07, 6.45) is -2.29. The smallest absolute Gasteiger partial charge is 0.416 e. The molecule has 49 heavy (non-hydrogen) atoms. The summed E-state index contributed by atoms with van der Waals surface area (Å²) in [5, 5.41) is 0. The number of carbonyl (C=O) groups excluding carboxylic acids is 1. The van der Waals surface area contributed by atoms with E-state index in [1.54, 1.807) is 12.1 Å². The van der Waals surface area contributed by atoms with Crippen molar-refractivity contribution in [3.63, 3.8) is 0 Å². The van der Waals surface area contributed by atoms with Crippen molar-refractivity contribution in [2.24, 2.45) is 0 Å². The van der Waals surface area contributed by atoms with Crippen LogP contribution in [0.2, 0.25) is 0 Å². The third-order valence-electron chi connectivity index (χ3n) is 8.62. The number of rotatable bonds is 12. The van der Waals surface area contributed by atoms with E-state index in [4.69, 9.17) is 9.47 Å². The molecule has 5 rings (SSSR count). The zero-order chi connectivity index (χ0) is 35.6. The molecule has 2 atom stereocenters. The van der Waals surface area contributed by atoms with Crippen LogP contribution in [-0.2, 0) is 30.5 Å². The normalized spacial score (nSPS) is 19.4. The Hall–Kier alpha value is -3.98. The van der Waals surface area contributed by atoms with Crippen molar-refractivity contribution in [1.29, 1.82) is 0 Å². The van der Waals surface area contributed by atoms with E-state index in [9.17, 15) is 39.6 Å². The lowest BCUT2D eigenvalue weighted by Crippen LogP contribution is -2.58. The molecule has 0 unspecified atom stereocenters. The van der Waals surface area contributed by atoms with Crippen molar-refractivity contribution >= 4 is 27.4 Å². The van der Waals surface area contributed by atoms with Gasteiger partial charge < -0.3 is 19.1 Å². The van der Waals surface area contributed by atoms with E-state index in [1.807, 2.05) is 18.7 Å². The maximum atomic E-state index is 14.5. The Bertz CT molecular complexity index is 1770. The summed E-state index contributed by atoms with van der Waals surface area (Å²) in [6, 6.07) is 10.6. The monoisotopic (exact) mass is 714 g/mol. The Morgan fingerprint density at radius 1 is 1.02 bits per heavy atom. The average molecular weight is 715 g/mol. The van der Waals surface area contributed by atoms with Crippen molar-refractivity contribution < 1.29 is 53.8 Å². The highest BCUT2D eigenvalue weighted by Gasteiger charge is 2.45. The second-order valence-corrected chi connectivity index (χ2v) is 14.1. The number of alkyl halides is 5. The van der Waals surface area contributed by atoms with Crippen LogP contribution in [0, 0.1) is 5.82 Å². The molecule has 3 aromatic carbocycles. The number of halogens is 6. The molecule has 266 valence electrons. The van der Waals surface area contributed by atoms with Crippen LogP contribution in [0.3, 0.4) is 0 Å². The van der Waals surface area contributed by atoms with Gasteiger partial charge in [-0.15, -0.1) is 0 Å². The Morgan fingerprint density at radius 3 is 2.51 bits per heavy atom. The summed E-state index contributed by atoms with van der Waals surface area (Å²) >= 11 is 0. The topological polar surface area (TPSA) is 85.4 Å². The van der Waals surface area contributed by atoms with Gasteiger partial charge in [-0.25, -0.2) is 12.8 Å². The number of carbonyl (C=O) groups is 1. The number of nitrogens with zero attached hydrogens (tertiary/aromatic N) is 2. The molecule has 0 radical (unpaired) electrons. The molecular formula is C34H36F6N2O6S. The highest BCUT2D eigenvalue weighted by Crippen LogP contribution is 2.46. The minimum absolute atomic E-state index is 0.0412. The Morgan fingerprint density at radius 2 is 1.80 bits per heavy atom. The van der Waals surface area contributed by atoms with Gasteiger partial charge in [-0.3, -0.25) is 9.10 Å². The number of benzene rings is 3. The lowest BCUT2D eigenvalue weighted by atomic mass is 9.85. The summed E-state index contributed by atoms with van der Waals surface area (Å²) in [7, 11) is -4.61. The summed E-state index contributed by atoms with van der Waals surface area (Å²) < 4.78 is 126. The lowest BCUT2D eigenvalue weighted by Gasteiger charge is -2.51. The van der Waals surface area contributed by atoms with Crippen LogP contribution in [-0.4, -0.2) is 58.9 Å². The van der Waals surface area contributed by atoms with Crippen molar-refractivity contribution in [3.8, 4) is 16.9 Å². The molecule has 1 saturated heterocycles. The van der Waals surface area contributed by atoms with Crippen molar-refractivity contribution in [3.05, 3.63) is 72.0 Å². The molecule has 2 heterocycles. The maximum absolute atomic E-state index is 14.5. The van der Waals surface area contributed by atoms with Crippen molar-refractivity contribution in [2.75, 3.05) is 35.5 Å². The number of ether oxygens (including phenoxy) is 3. The van der Waals surface area contributed by atoms with Crippen LogP contribution >= 0.6 is 0 Å². The molecule has 2 aliphatic heterocycles. The largest absolute Gasteiger partial charge is 0.466 e. The fourth-order valence-corrected chi connectivity index (χ4v) is 7.72. The molecule has 15 heteroatoms. The van der Waals surface area contributed by atoms with Crippen LogP contribution in [0.4, 0.5) is 37.7 Å². The molecular weight excluding hydrogens is 678 g/mol. The van der Waals surface area contributed by atoms with Gasteiger partial charge in [0.2, 0.25) is 0 Å². The van der Waals surface area contributed by atoms with Crippen LogP contribution in [0.25, 0.3) is 11.1 Å². The summed E-state index contributed by atoms with van der Waals surface area (Å²) in [5.74, 6) is -1.70. The number of anilines is 2. The Balaban J connectivity index is 1.50. The first-order chi connectivity index (χ1) is 23.1. The molecule has 1 fully saturated rings. The van der Waals surface area contributed by atoms with Gasteiger partial charge in [0, 0.05) is 12.6 Å². The van der Waals surface area contributed by atoms with Gasteiger partial charge >= 0.3 is 18.8 Å². The molecule has 0 bridgehead atoms. The second-order valence-electron chi connectivity index (χ2n) is 12.2. The molecule has 0 aliphatic carbocycles. The fraction of sp³-hybridized carbons (Fsp3) is 0.441. The summed E-state index contributed by atoms with van der Waals surface area (Å²) in [4.78, 5) is 13.5. The third-order valence-corrected chi connectivity index (χ3v) is 10.4. The van der Waals surface area contributed by atoms with Crippen LogP contribution in [0.1, 0.15) is 51.5 Å². The molecule has 0 amide bonds. The zero-order valence-electron chi connectivity index (χ0n) is 26.8. The van der Waals surface area contributed by atoms with Gasteiger partial charge in [0.25, 0.3) is 10.0 Å². The van der Waals surface area contributed by atoms with Crippen LogP contribution < -0.4 is 13.9 Å².